The van der Waals surface area contributed by atoms with Gasteiger partial charge in [-0.1, -0.05) is 27.2 Å². The third kappa shape index (κ3) is 5.45. The van der Waals surface area contributed by atoms with Gasteiger partial charge in [-0.05, 0) is 31.9 Å². The third-order valence-corrected chi connectivity index (χ3v) is 5.05. The zero-order chi connectivity index (χ0) is 15.9. The number of sulfonamides is 1. The molecular formula is C15H29N3O2S. The summed E-state index contributed by atoms with van der Waals surface area (Å²) in [5, 5.41) is 3.31. The Morgan fingerprint density at radius 3 is 2.57 bits per heavy atom. The molecule has 5 nitrogen and oxygen atoms in total. The fraction of sp³-hybridized carbons (Fsp3) is 0.733. The minimum Gasteiger partial charge on any atom is -0.349 e. The van der Waals surface area contributed by atoms with Crippen LogP contribution in [0, 0.1) is 5.92 Å². The molecule has 0 bridgehead atoms. The monoisotopic (exact) mass is 315 g/mol. The zero-order valence-electron chi connectivity index (χ0n) is 13.6. The lowest BCUT2D eigenvalue weighted by Gasteiger charge is -2.09. The normalized spacial score (nSPS) is 13.5. The maximum Gasteiger partial charge on any atom is 0.242 e. The van der Waals surface area contributed by atoms with Crippen LogP contribution in [-0.4, -0.2) is 26.1 Å². The Morgan fingerprint density at radius 2 is 2.00 bits per heavy atom. The highest BCUT2D eigenvalue weighted by molar-refractivity contribution is 7.89. The SMILES string of the molecule is CCCNCc1cc(S(=O)(=O)NCC(C)CC)cn1CC. The van der Waals surface area contributed by atoms with Crippen LogP contribution in [0.5, 0.6) is 0 Å². The molecule has 0 radical (unpaired) electrons. The molecule has 1 atom stereocenters. The predicted octanol–water partition coefficient (Wildman–Crippen LogP) is 2.33. The maximum absolute atomic E-state index is 12.3. The van der Waals surface area contributed by atoms with E-state index in [0.29, 0.717) is 23.9 Å². The summed E-state index contributed by atoms with van der Waals surface area (Å²) in [6.45, 7) is 11.1. The second kappa shape index (κ2) is 8.56. The van der Waals surface area contributed by atoms with Crippen molar-refractivity contribution in [2.75, 3.05) is 13.1 Å². The van der Waals surface area contributed by atoms with Crippen LogP contribution in [0.15, 0.2) is 17.2 Å². The number of nitrogens with zero attached hydrogens (tertiary/aromatic N) is 1. The van der Waals surface area contributed by atoms with Gasteiger partial charge in [0.15, 0.2) is 0 Å². The van der Waals surface area contributed by atoms with Crippen LogP contribution < -0.4 is 10.0 Å². The molecule has 0 saturated carbocycles. The van der Waals surface area contributed by atoms with Crippen LogP contribution in [-0.2, 0) is 23.1 Å². The van der Waals surface area contributed by atoms with Crippen LogP contribution in [0.4, 0.5) is 0 Å². The molecule has 122 valence electrons. The number of hydrogen-bond acceptors (Lipinski definition) is 3. The molecule has 1 heterocycles. The van der Waals surface area contributed by atoms with E-state index in [1.54, 1.807) is 12.3 Å². The Bertz CT molecular complexity index is 523. The lowest BCUT2D eigenvalue weighted by molar-refractivity contribution is 0.528. The molecule has 0 aliphatic heterocycles. The summed E-state index contributed by atoms with van der Waals surface area (Å²) in [4.78, 5) is 0.362. The first-order valence-electron chi connectivity index (χ1n) is 7.84. The molecule has 1 aromatic rings. The van der Waals surface area contributed by atoms with Crippen molar-refractivity contribution in [3.05, 3.63) is 18.0 Å². The van der Waals surface area contributed by atoms with Gasteiger partial charge in [0.25, 0.3) is 0 Å². The Hall–Kier alpha value is -0.850. The van der Waals surface area contributed by atoms with Gasteiger partial charge in [-0.25, -0.2) is 13.1 Å². The van der Waals surface area contributed by atoms with E-state index in [1.165, 1.54) is 0 Å². The first kappa shape index (κ1) is 18.2. The molecule has 0 aromatic carbocycles. The quantitative estimate of drug-likeness (QED) is 0.651. The molecule has 0 saturated heterocycles. The topological polar surface area (TPSA) is 63.1 Å². The van der Waals surface area contributed by atoms with Gasteiger partial charge in [0, 0.05) is 31.5 Å². The minimum atomic E-state index is -3.41. The van der Waals surface area contributed by atoms with Crippen LogP contribution in [0.25, 0.3) is 0 Å². The molecule has 0 aliphatic carbocycles. The average molecular weight is 315 g/mol. The lowest BCUT2D eigenvalue weighted by Crippen LogP contribution is -2.28. The van der Waals surface area contributed by atoms with Gasteiger partial charge >= 0.3 is 0 Å². The average Bonchev–Trinajstić information content (AvgIpc) is 2.89. The molecule has 0 aliphatic rings. The van der Waals surface area contributed by atoms with Crippen molar-refractivity contribution in [2.24, 2.45) is 5.92 Å². The Balaban J connectivity index is 2.82. The van der Waals surface area contributed by atoms with E-state index in [-0.39, 0.29) is 0 Å². The first-order chi connectivity index (χ1) is 9.94. The molecule has 6 heteroatoms. The third-order valence-electron chi connectivity index (χ3n) is 3.66. The highest BCUT2D eigenvalue weighted by Gasteiger charge is 2.18. The smallest absolute Gasteiger partial charge is 0.242 e. The van der Waals surface area contributed by atoms with Crippen LogP contribution in [0.3, 0.4) is 0 Å². The lowest BCUT2D eigenvalue weighted by atomic mass is 10.1. The van der Waals surface area contributed by atoms with Gasteiger partial charge in [0.05, 0.1) is 4.90 Å². The summed E-state index contributed by atoms with van der Waals surface area (Å²) in [6, 6.07) is 1.77. The fourth-order valence-electron chi connectivity index (χ4n) is 1.99. The number of rotatable bonds is 10. The van der Waals surface area contributed by atoms with Gasteiger partial charge in [-0.2, -0.15) is 0 Å². The van der Waals surface area contributed by atoms with Crippen molar-refractivity contribution in [1.82, 2.24) is 14.6 Å². The van der Waals surface area contributed by atoms with Crippen LogP contribution >= 0.6 is 0 Å². The van der Waals surface area contributed by atoms with E-state index < -0.39 is 10.0 Å². The standard InChI is InChI=1S/C15H29N3O2S/c1-5-8-16-11-14-9-15(12-18(14)7-3)21(19,20)17-10-13(4)6-2/h9,12-13,16-17H,5-8,10-11H2,1-4H3. The van der Waals surface area contributed by atoms with Crippen molar-refractivity contribution >= 4 is 10.0 Å². The molecule has 21 heavy (non-hydrogen) atoms. The summed E-state index contributed by atoms with van der Waals surface area (Å²) in [6.07, 6.45) is 3.75. The van der Waals surface area contributed by atoms with Crippen molar-refractivity contribution in [3.63, 3.8) is 0 Å². The number of aryl methyl sites for hydroxylation is 1. The van der Waals surface area contributed by atoms with Crippen LogP contribution in [0.2, 0.25) is 0 Å². The van der Waals surface area contributed by atoms with Gasteiger partial charge in [0.1, 0.15) is 0 Å². The Kier molecular flexibility index (Phi) is 7.42. The van der Waals surface area contributed by atoms with E-state index in [4.69, 9.17) is 0 Å². The molecular weight excluding hydrogens is 286 g/mol. The highest BCUT2D eigenvalue weighted by Crippen LogP contribution is 2.15. The highest BCUT2D eigenvalue weighted by atomic mass is 32.2. The van der Waals surface area contributed by atoms with Gasteiger partial charge in [0.2, 0.25) is 10.0 Å². The van der Waals surface area contributed by atoms with E-state index >= 15 is 0 Å². The van der Waals surface area contributed by atoms with E-state index in [1.807, 2.05) is 18.4 Å². The van der Waals surface area contributed by atoms with Crippen molar-refractivity contribution in [3.8, 4) is 0 Å². The summed E-state index contributed by atoms with van der Waals surface area (Å²) >= 11 is 0. The second-order valence-corrected chi connectivity index (χ2v) is 7.26. The Labute approximate surface area is 129 Å². The number of aromatic nitrogens is 1. The molecule has 0 amide bonds. The summed E-state index contributed by atoms with van der Waals surface area (Å²) in [7, 11) is -3.41. The second-order valence-electron chi connectivity index (χ2n) is 5.50. The molecule has 0 spiro atoms. The largest absolute Gasteiger partial charge is 0.349 e. The molecule has 1 aromatic heterocycles. The minimum absolute atomic E-state index is 0.346. The van der Waals surface area contributed by atoms with Crippen LogP contribution in [0.1, 0.15) is 46.2 Å². The van der Waals surface area contributed by atoms with Crippen molar-refractivity contribution in [1.29, 1.82) is 0 Å². The maximum atomic E-state index is 12.3. The van der Waals surface area contributed by atoms with E-state index in [9.17, 15) is 8.42 Å². The van der Waals surface area contributed by atoms with Gasteiger partial charge in [-0.15, -0.1) is 0 Å². The molecule has 1 unspecified atom stereocenters. The molecule has 2 N–H and O–H groups in total. The number of nitrogens with one attached hydrogen (secondary N) is 2. The number of hydrogen-bond donors (Lipinski definition) is 2. The molecule has 0 fully saturated rings. The van der Waals surface area contributed by atoms with Gasteiger partial charge in [-0.3, -0.25) is 0 Å². The summed E-state index contributed by atoms with van der Waals surface area (Å²) in [5.74, 6) is 0.346. The van der Waals surface area contributed by atoms with E-state index in [2.05, 4.69) is 23.9 Å². The fourth-order valence-corrected chi connectivity index (χ4v) is 3.22. The predicted molar refractivity (Wildman–Crippen MR) is 86.7 cm³/mol. The molecule has 1 rings (SSSR count). The zero-order valence-corrected chi connectivity index (χ0v) is 14.5. The summed E-state index contributed by atoms with van der Waals surface area (Å²) < 4.78 is 29.3. The van der Waals surface area contributed by atoms with Crippen molar-refractivity contribution < 1.29 is 8.42 Å². The van der Waals surface area contributed by atoms with E-state index in [0.717, 1.165) is 31.6 Å². The Morgan fingerprint density at radius 1 is 1.29 bits per heavy atom. The summed E-state index contributed by atoms with van der Waals surface area (Å²) in [5.41, 5.74) is 1.01. The van der Waals surface area contributed by atoms with Crippen molar-refractivity contribution in [2.45, 2.75) is 58.5 Å². The first-order valence-corrected chi connectivity index (χ1v) is 9.32. The van der Waals surface area contributed by atoms with Gasteiger partial charge < -0.3 is 9.88 Å².